The van der Waals surface area contributed by atoms with Crippen molar-refractivity contribution in [3.05, 3.63) is 0 Å². The molecule has 4 heteroatoms. The Morgan fingerprint density at radius 1 is 1.50 bits per heavy atom. The molecule has 16 heavy (non-hydrogen) atoms. The van der Waals surface area contributed by atoms with Gasteiger partial charge in [-0.05, 0) is 32.6 Å². The van der Waals surface area contributed by atoms with E-state index in [1.165, 1.54) is 6.42 Å². The second-order valence-corrected chi connectivity index (χ2v) is 5.22. The van der Waals surface area contributed by atoms with Crippen LogP contribution in [0.2, 0.25) is 0 Å². The first kappa shape index (κ1) is 12.2. The average molecular weight is 246 g/mol. The zero-order valence-electron chi connectivity index (χ0n) is 9.82. The fourth-order valence-corrected chi connectivity index (χ4v) is 3.00. The summed E-state index contributed by atoms with van der Waals surface area (Å²) in [5, 5.41) is 0. The van der Waals surface area contributed by atoms with E-state index in [9.17, 15) is 4.79 Å². The Bertz CT molecular complexity index is 259. The van der Waals surface area contributed by atoms with E-state index >= 15 is 0 Å². The first-order valence-electron chi connectivity index (χ1n) is 6.20. The van der Waals surface area contributed by atoms with Gasteiger partial charge >= 0.3 is 0 Å². The molecule has 2 heterocycles. The number of alkyl halides is 1. The summed E-state index contributed by atoms with van der Waals surface area (Å²) in [7, 11) is 0. The van der Waals surface area contributed by atoms with Crippen LogP contribution in [0.3, 0.4) is 0 Å². The summed E-state index contributed by atoms with van der Waals surface area (Å²) in [6.07, 6.45) is 4.46. The normalized spacial score (nSPS) is 35.4. The Kier molecular flexibility index (Phi) is 4.09. The van der Waals surface area contributed by atoms with Gasteiger partial charge in [-0.1, -0.05) is 0 Å². The molecule has 1 amide bonds. The van der Waals surface area contributed by atoms with Crippen molar-refractivity contribution in [3.63, 3.8) is 0 Å². The molecule has 2 aliphatic heterocycles. The number of ether oxygens (including phenoxy) is 1. The number of carbonyl (C=O) groups excluding carboxylic acids is 1. The Hall–Kier alpha value is -0.280. The quantitative estimate of drug-likeness (QED) is 0.697. The van der Waals surface area contributed by atoms with Crippen molar-refractivity contribution in [2.75, 3.05) is 19.0 Å². The van der Waals surface area contributed by atoms with Gasteiger partial charge in [0.15, 0.2) is 0 Å². The van der Waals surface area contributed by atoms with Gasteiger partial charge in [0.05, 0.1) is 18.6 Å². The van der Waals surface area contributed by atoms with Gasteiger partial charge in [-0.25, -0.2) is 0 Å². The highest BCUT2D eigenvalue weighted by Gasteiger charge is 2.35. The maximum absolute atomic E-state index is 12.3. The second kappa shape index (κ2) is 5.37. The molecule has 2 rings (SSSR count). The predicted molar refractivity (Wildman–Crippen MR) is 63.6 cm³/mol. The molecule has 0 aromatic rings. The summed E-state index contributed by atoms with van der Waals surface area (Å²) in [6, 6.07) is 0.249. The van der Waals surface area contributed by atoms with Crippen LogP contribution in [-0.4, -0.2) is 42.0 Å². The first-order valence-corrected chi connectivity index (χ1v) is 6.74. The van der Waals surface area contributed by atoms with Crippen LogP contribution in [0.1, 0.15) is 32.6 Å². The molecule has 0 aromatic carbocycles. The van der Waals surface area contributed by atoms with Crippen LogP contribution in [0.15, 0.2) is 0 Å². The van der Waals surface area contributed by atoms with E-state index in [2.05, 4.69) is 0 Å². The van der Waals surface area contributed by atoms with E-state index in [0.29, 0.717) is 12.5 Å². The molecule has 0 N–H and O–H groups in total. The number of hydrogen-bond donors (Lipinski definition) is 0. The number of rotatable bonds is 2. The fraction of sp³-hybridized carbons (Fsp3) is 0.917. The van der Waals surface area contributed by atoms with Crippen LogP contribution in [0.4, 0.5) is 0 Å². The number of hydrogen-bond acceptors (Lipinski definition) is 2. The molecule has 0 saturated carbocycles. The molecular weight excluding hydrogens is 226 g/mol. The molecule has 0 radical (unpaired) electrons. The molecule has 0 aromatic heterocycles. The van der Waals surface area contributed by atoms with Crippen molar-refractivity contribution in [2.45, 2.75) is 44.8 Å². The Morgan fingerprint density at radius 3 is 2.94 bits per heavy atom. The molecule has 2 saturated heterocycles. The van der Waals surface area contributed by atoms with Gasteiger partial charge in [0.1, 0.15) is 0 Å². The lowest BCUT2D eigenvalue weighted by Gasteiger charge is -2.36. The van der Waals surface area contributed by atoms with Crippen molar-refractivity contribution >= 4 is 17.5 Å². The highest BCUT2D eigenvalue weighted by molar-refractivity contribution is 6.18. The molecule has 2 fully saturated rings. The zero-order chi connectivity index (χ0) is 11.5. The topological polar surface area (TPSA) is 29.5 Å². The molecule has 3 atom stereocenters. The number of halogens is 1. The lowest BCUT2D eigenvalue weighted by molar-refractivity contribution is -0.138. The Balaban J connectivity index is 1.96. The second-order valence-electron chi connectivity index (χ2n) is 4.91. The number of carbonyl (C=O) groups is 1. The maximum atomic E-state index is 12.3. The molecule has 0 spiro atoms. The van der Waals surface area contributed by atoms with E-state index in [-0.39, 0.29) is 24.0 Å². The van der Waals surface area contributed by atoms with E-state index < -0.39 is 0 Å². The Labute approximate surface area is 102 Å². The minimum atomic E-state index is 0.0683. The van der Waals surface area contributed by atoms with Gasteiger partial charge in [0, 0.05) is 18.5 Å². The summed E-state index contributed by atoms with van der Waals surface area (Å²) in [6.45, 7) is 3.50. The third kappa shape index (κ3) is 2.51. The standard InChI is InChI=1S/C12H20ClNO2/c1-9-6-10(8-16-9)12(15)14-5-3-2-4-11(14)7-13/h9-11H,2-8H2,1H3. The van der Waals surface area contributed by atoms with E-state index in [4.69, 9.17) is 16.3 Å². The van der Waals surface area contributed by atoms with Crippen LogP contribution in [0.25, 0.3) is 0 Å². The highest BCUT2D eigenvalue weighted by Crippen LogP contribution is 2.26. The monoisotopic (exact) mass is 245 g/mol. The summed E-state index contributed by atoms with van der Waals surface area (Å²) >= 11 is 5.93. The van der Waals surface area contributed by atoms with Crippen molar-refractivity contribution in [1.29, 1.82) is 0 Å². The van der Waals surface area contributed by atoms with Crippen LogP contribution in [-0.2, 0) is 9.53 Å². The SMILES string of the molecule is CC1CC(C(=O)N2CCCCC2CCl)CO1. The van der Waals surface area contributed by atoms with Crippen molar-refractivity contribution in [1.82, 2.24) is 4.90 Å². The predicted octanol–water partition coefficient (Wildman–Crippen LogP) is 2.03. The van der Waals surface area contributed by atoms with E-state index in [1.807, 2.05) is 11.8 Å². The molecule has 0 aliphatic carbocycles. The Morgan fingerprint density at radius 2 is 2.31 bits per heavy atom. The number of amides is 1. The van der Waals surface area contributed by atoms with Gasteiger partial charge in [-0.2, -0.15) is 0 Å². The molecule has 2 aliphatic rings. The van der Waals surface area contributed by atoms with Crippen molar-refractivity contribution in [3.8, 4) is 0 Å². The summed E-state index contributed by atoms with van der Waals surface area (Å²) in [5.74, 6) is 0.892. The largest absolute Gasteiger partial charge is 0.378 e. The van der Waals surface area contributed by atoms with Gasteiger partial charge < -0.3 is 9.64 Å². The van der Waals surface area contributed by atoms with Gasteiger partial charge in [-0.15, -0.1) is 11.6 Å². The van der Waals surface area contributed by atoms with E-state index in [1.54, 1.807) is 0 Å². The molecule has 3 nitrogen and oxygen atoms in total. The van der Waals surface area contributed by atoms with Crippen molar-refractivity contribution < 1.29 is 9.53 Å². The van der Waals surface area contributed by atoms with Crippen LogP contribution < -0.4 is 0 Å². The van der Waals surface area contributed by atoms with Gasteiger partial charge in [0.25, 0.3) is 0 Å². The molecule has 3 unspecified atom stereocenters. The van der Waals surface area contributed by atoms with Gasteiger partial charge in [0.2, 0.25) is 5.91 Å². The molecule has 92 valence electrons. The molecule has 0 bridgehead atoms. The summed E-state index contributed by atoms with van der Waals surface area (Å²) in [5.41, 5.74) is 0. The number of nitrogens with zero attached hydrogens (tertiary/aromatic N) is 1. The lowest BCUT2D eigenvalue weighted by atomic mass is 9.98. The third-order valence-corrected chi connectivity index (χ3v) is 3.99. The minimum absolute atomic E-state index is 0.0683. The lowest BCUT2D eigenvalue weighted by Crippen LogP contribution is -2.47. The van der Waals surface area contributed by atoms with Crippen LogP contribution in [0.5, 0.6) is 0 Å². The van der Waals surface area contributed by atoms with Gasteiger partial charge in [-0.3, -0.25) is 4.79 Å². The number of likely N-dealkylation sites (tertiary alicyclic amines) is 1. The fourth-order valence-electron chi connectivity index (χ4n) is 2.67. The smallest absolute Gasteiger partial charge is 0.228 e. The summed E-state index contributed by atoms with van der Waals surface area (Å²) < 4.78 is 5.47. The van der Waals surface area contributed by atoms with Crippen molar-refractivity contribution in [2.24, 2.45) is 5.92 Å². The van der Waals surface area contributed by atoms with E-state index in [0.717, 1.165) is 25.8 Å². The minimum Gasteiger partial charge on any atom is -0.378 e. The average Bonchev–Trinajstić information content (AvgIpc) is 2.75. The molecular formula is C12H20ClNO2. The maximum Gasteiger partial charge on any atom is 0.228 e. The van der Waals surface area contributed by atoms with Crippen LogP contribution >= 0.6 is 11.6 Å². The zero-order valence-corrected chi connectivity index (χ0v) is 10.6. The third-order valence-electron chi connectivity index (χ3n) is 3.64. The first-order chi connectivity index (χ1) is 7.72. The number of piperidine rings is 1. The summed E-state index contributed by atoms with van der Waals surface area (Å²) in [4.78, 5) is 14.3. The highest BCUT2D eigenvalue weighted by atomic mass is 35.5. The van der Waals surface area contributed by atoms with Crippen LogP contribution in [0, 0.1) is 5.92 Å².